The molecule has 0 amide bonds. The number of H-pyrrole nitrogens is 1. The van der Waals surface area contributed by atoms with E-state index in [2.05, 4.69) is 25.4 Å². The molecule has 2 aliphatic heterocycles. The molecule has 0 radical (unpaired) electrons. The van der Waals surface area contributed by atoms with Crippen LogP contribution in [-0.4, -0.2) is 52.9 Å². The first-order valence-electron chi connectivity index (χ1n) is 6.39. The Bertz CT molecular complexity index is 352. The first kappa shape index (κ1) is 11.3. The molecular formula is C11H19N5S. The van der Waals surface area contributed by atoms with Crippen molar-refractivity contribution in [2.24, 2.45) is 0 Å². The lowest BCUT2D eigenvalue weighted by Gasteiger charge is -2.17. The van der Waals surface area contributed by atoms with E-state index in [0.717, 1.165) is 38.0 Å². The van der Waals surface area contributed by atoms with Gasteiger partial charge in [-0.1, -0.05) is 0 Å². The monoisotopic (exact) mass is 253 g/mol. The molecule has 0 aromatic carbocycles. The second-order valence-electron chi connectivity index (χ2n) is 4.67. The average Bonchev–Trinajstić information content (AvgIpc) is 2.95. The Morgan fingerprint density at radius 1 is 1.29 bits per heavy atom. The first-order valence-corrected chi connectivity index (χ1v) is 7.54. The van der Waals surface area contributed by atoms with Crippen LogP contribution in [0.4, 0.5) is 5.95 Å². The molecule has 94 valence electrons. The van der Waals surface area contributed by atoms with E-state index in [4.69, 9.17) is 0 Å². The lowest BCUT2D eigenvalue weighted by Crippen LogP contribution is -2.28. The van der Waals surface area contributed by atoms with Gasteiger partial charge in [0.2, 0.25) is 5.95 Å². The molecule has 2 N–H and O–H groups in total. The molecule has 0 saturated carbocycles. The summed E-state index contributed by atoms with van der Waals surface area (Å²) in [6, 6.07) is 0. The highest BCUT2D eigenvalue weighted by Gasteiger charge is 2.22. The number of thioether (sulfide) groups is 1. The average molecular weight is 253 g/mol. The smallest absolute Gasteiger partial charge is 0.244 e. The normalized spacial score (nSPS) is 26.1. The van der Waals surface area contributed by atoms with Gasteiger partial charge in [0.1, 0.15) is 5.82 Å². The summed E-state index contributed by atoms with van der Waals surface area (Å²) in [5, 5.41) is 10.9. The van der Waals surface area contributed by atoms with Crippen LogP contribution in [0.1, 0.15) is 24.6 Å². The molecule has 2 fully saturated rings. The van der Waals surface area contributed by atoms with E-state index in [1.165, 1.54) is 24.3 Å². The molecule has 2 saturated heterocycles. The maximum atomic E-state index is 4.68. The largest absolute Gasteiger partial charge is 0.338 e. The topological polar surface area (TPSA) is 56.8 Å². The molecule has 1 aromatic rings. The highest BCUT2D eigenvalue weighted by Crippen LogP contribution is 2.30. The van der Waals surface area contributed by atoms with E-state index in [9.17, 15) is 0 Å². The van der Waals surface area contributed by atoms with Crippen LogP contribution in [0.3, 0.4) is 0 Å². The predicted octanol–water partition coefficient (Wildman–Crippen LogP) is 0.825. The van der Waals surface area contributed by atoms with Crippen molar-refractivity contribution in [2.75, 3.05) is 42.6 Å². The van der Waals surface area contributed by atoms with Crippen LogP contribution in [-0.2, 0) is 0 Å². The zero-order valence-corrected chi connectivity index (χ0v) is 10.8. The molecular weight excluding hydrogens is 234 g/mol. The lowest BCUT2D eigenvalue weighted by molar-refractivity contribution is 0.720. The Hall–Kier alpha value is -0.750. The molecule has 3 heterocycles. The van der Waals surface area contributed by atoms with Crippen LogP contribution >= 0.6 is 11.8 Å². The first-order chi connectivity index (χ1) is 8.43. The predicted molar refractivity (Wildman–Crippen MR) is 70.8 cm³/mol. The van der Waals surface area contributed by atoms with Crippen molar-refractivity contribution in [1.29, 1.82) is 0 Å². The standard InChI is InChI=1S/C11H19N5S/c1-3-12-4-6-16(5-1)11-13-10(14-15-11)9-2-7-17-8-9/h9,12H,1-8H2,(H,13,14,15). The second kappa shape index (κ2) is 5.27. The van der Waals surface area contributed by atoms with E-state index in [1.807, 2.05) is 11.8 Å². The van der Waals surface area contributed by atoms with Crippen molar-refractivity contribution in [3.05, 3.63) is 5.82 Å². The third kappa shape index (κ3) is 2.57. The highest BCUT2D eigenvalue weighted by atomic mass is 32.2. The number of rotatable bonds is 2. The summed E-state index contributed by atoms with van der Waals surface area (Å²) in [4.78, 5) is 6.96. The van der Waals surface area contributed by atoms with E-state index >= 15 is 0 Å². The van der Waals surface area contributed by atoms with Gasteiger partial charge < -0.3 is 10.2 Å². The van der Waals surface area contributed by atoms with Crippen molar-refractivity contribution < 1.29 is 0 Å². The van der Waals surface area contributed by atoms with Gasteiger partial charge in [-0.25, -0.2) is 0 Å². The highest BCUT2D eigenvalue weighted by molar-refractivity contribution is 7.99. The number of nitrogens with one attached hydrogen (secondary N) is 2. The molecule has 2 aliphatic rings. The van der Waals surface area contributed by atoms with E-state index in [0.29, 0.717) is 5.92 Å². The van der Waals surface area contributed by atoms with Crippen LogP contribution in [0.25, 0.3) is 0 Å². The van der Waals surface area contributed by atoms with Crippen LogP contribution in [0.15, 0.2) is 0 Å². The third-order valence-electron chi connectivity index (χ3n) is 3.43. The van der Waals surface area contributed by atoms with Crippen molar-refractivity contribution in [3.63, 3.8) is 0 Å². The summed E-state index contributed by atoms with van der Waals surface area (Å²) in [7, 11) is 0. The molecule has 3 rings (SSSR count). The quantitative estimate of drug-likeness (QED) is 0.817. The fraction of sp³-hybridized carbons (Fsp3) is 0.818. The summed E-state index contributed by atoms with van der Waals surface area (Å²) < 4.78 is 0. The maximum Gasteiger partial charge on any atom is 0.244 e. The summed E-state index contributed by atoms with van der Waals surface area (Å²) in [6.07, 6.45) is 2.41. The molecule has 0 bridgehead atoms. The fourth-order valence-electron chi connectivity index (χ4n) is 2.38. The summed E-state index contributed by atoms with van der Waals surface area (Å²) in [5.41, 5.74) is 0. The van der Waals surface area contributed by atoms with Gasteiger partial charge in [-0.15, -0.1) is 5.10 Å². The van der Waals surface area contributed by atoms with Gasteiger partial charge in [0, 0.05) is 31.3 Å². The van der Waals surface area contributed by atoms with Gasteiger partial charge in [-0.3, -0.25) is 5.10 Å². The number of hydrogen-bond donors (Lipinski definition) is 2. The fourth-order valence-corrected chi connectivity index (χ4v) is 3.61. The Balaban J connectivity index is 1.70. The second-order valence-corrected chi connectivity index (χ2v) is 5.82. The van der Waals surface area contributed by atoms with Gasteiger partial charge in [-0.05, 0) is 25.1 Å². The van der Waals surface area contributed by atoms with E-state index in [-0.39, 0.29) is 0 Å². The molecule has 0 aliphatic carbocycles. The van der Waals surface area contributed by atoms with E-state index in [1.54, 1.807) is 0 Å². The zero-order valence-electron chi connectivity index (χ0n) is 9.98. The van der Waals surface area contributed by atoms with Gasteiger partial charge >= 0.3 is 0 Å². The minimum absolute atomic E-state index is 0.589. The molecule has 6 heteroatoms. The number of aromatic amines is 1. The van der Waals surface area contributed by atoms with Crippen molar-refractivity contribution >= 4 is 17.7 Å². The lowest BCUT2D eigenvalue weighted by atomic mass is 10.1. The maximum absolute atomic E-state index is 4.68. The number of aromatic nitrogens is 3. The van der Waals surface area contributed by atoms with Crippen LogP contribution in [0.2, 0.25) is 0 Å². The van der Waals surface area contributed by atoms with Crippen LogP contribution < -0.4 is 10.2 Å². The Morgan fingerprint density at radius 3 is 3.18 bits per heavy atom. The molecule has 17 heavy (non-hydrogen) atoms. The van der Waals surface area contributed by atoms with Crippen molar-refractivity contribution in [1.82, 2.24) is 20.5 Å². The molecule has 1 atom stereocenters. The summed E-state index contributed by atoms with van der Waals surface area (Å²) in [5.74, 6) is 5.01. The SMILES string of the molecule is C1CNCCN(c2n[nH]c(C3CCSC3)n2)C1. The summed E-state index contributed by atoms with van der Waals surface area (Å²) in [6.45, 7) is 4.20. The van der Waals surface area contributed by atoms with Gasteiger partial charge in [0.25, 0.3) is 0 Å². The van der Waals surface area contributed by atoms with Crippen LogP contribution in [0.5, 0.6) is 0 Å². The Kier molecular flexibility index (Phi) is 3.51. The summed E-state index contributed by atoms with van der Waals surface area (Å²) >= 11 is 2.01. The Morgan fingerprint density at radius 2 is 2.29 bits per heavy atom. The minimum atomic E-state index is 0.589. The molecule has 1 unspecified atom stereocenters. The number of nitrogens with zero attached hydrogens (tertiary/aromatic N) is 3. The van der Waals surface area contributed by atoms with Gasteiger partial charge in [0.05, 0.1) is 0 Å². The third-order valence-corrected chi connectivity index (χ3v) is 4.59. The Labute approximate surface area is 106 Å². The van der Waals surface area contributed by atoms with Crippen molar-refractivity contribution in [2.45, 2.75) is 18.8 Å². The van der Waals surface area contributed by atoms with Crippen LogP contribution in [0, 0.1) is 0 Å². The van der Waals surface area contributed by atoms with Gasteiger partial charge in [0.15, 0.2) is 0 Å². The number of hydrogen-bond acceptors (Lipinski definition) is 5. The van der Waals surface area contributed by atoms with E-state index < -0.39 is 0 Å². The molecule has 0 spiro atoms. The molecule has 1 aromatic heterocycles. The van der Waals surface area contributed by atoms with Crippen molar-refractivity contribution in [3.8, 4) is 0 Å². The van der Waals surface area contributed by atoms with Gasteiger partial charge in [-0.2, -0.15) is 16.7 Å². The zero-order chi connectivity index (χ0) is 11.5. The minimum Gasteiger partial charge on any atom is -0.338 e. The number of anilines is 1. The molecule has 5 nitrogen and oxygen atoms in total.